The fourth-order valence-electron chi connectivity index (χ4n) is 1.96. The molecular weight excluding hydrogens is 222 g/mol. The molecule has 0 aliphatic heterocycles. The van der Waals surface area contributed by atoms with E-state index in [4.69, 9.17) is 4.74 Å². The van der Waals surface area contributed by atoms with Gasteiger partial charge in [0, 0.05) is 13.7 Å². The van der Waals surface area contributed by atoms with E-state index in [-0.39, 0.29) is 7.43 Å². The lowest BCUT2D eigenvalue weighted by atomic mass is 9.97. The second-order valence-corrected chi connectivity index (χ2v) is 6.32. The van der Waals surface area contributed by atoms with E-state index in [1.807, 2.05) is 0 Å². The lowest BCUT2D eigenvalue weighted by Gasteiger charge is -2.18. The van der Waals surface area contributed by atoms with Crippen LogP contribution in [-0.4, -0.2) is 26.8 Å². The van der Waals surface area contributed by atoms with Crippen LogP contribution in [0.5, 0.6) is 0 Å². The van der Waals surface area contributed by atoms with Crippen molar-refractivity contribution in [1.29, 1.82) is 0 Å². The van der Waals surface area contributed by atoms with Crippen molar-refractivity contribution in [2.45, 2.75) is 67.2 Å². The van der Waals surface area contributed by atoms with Gasteiger partial charge in [0.25, 0.3) is 0 Å². The van der Waals surface area contributed by atoms with Crippen molar-refractivity contribution in [3.8, 4) is 0 Å². The molecule has 18 heavy (non-hydrogen) atoms. The minimum Gasteiger partial charge on any atom is -0.384 e. The average Bonchev–Trinajstić information content (AvgIpc) is 2.24. The molecule has 1 atom stereocenters. The van der Waals surface area contributed by atoms with Gasteiger partial charge in [-0.2, -0.15) is 0 Å². The van der Waals surface area contributed by atoms with E-state index in [1.54, 1.807) is 7.11 Å². The van der Waals surface area contributed by atoms with Crippen LogP contribution in [0.4, 0.5) is 0 Å². The highest BCUT2D eigenvalue weighted by Crippen LogP contribution is 2.14. The van der Waals surface area contributed by atoms with E-state index in [0.29, 0.717) is 5.41 Å². The molecule has 0 heterocycles. The van der Waals surface area contributed by atoms with Crippen LogP contribution in [0.2, 0.25) is 0 Å². The fraction of sp³-hybridized carbons (Fsp3) is 1.00. The molecule has 0 aliphatic carbocycles. The van der Waals surface area contributed by atoms with Gasteiger partial charge in [0.2, 0.25) is 0 Å². The smallest absolute Gasteiger partial charge is 0.0490 e. The third kappa shape index (κ3) is 14.0. The summed E-state index contributed by atoms with van der Waals surface area (Å²) in [7, 11) is 1.80. The number of ether oxygens (including phenoxy) is 1. The summed E-state index contributed by atoms with van der Waals surface area (Å²) in [5.74, 6) is 0.766. The maximum absolute atomic E-state index is 5.22. The summed E-state index contributed by atoms with van der Waals surface area (Å²) in [5, 5.41) is 3.53. The summed E-state index contributed by atoms with van der Waals surface area (Å²) in [5.41, 5.74) is 0.409. The molecule has 1 N–H and O–H groups in total. The summed E-state index contributed by atoms with van der Waals surface area (Å²) in [6.07, 6.45) is 6.57. The molecule has 112 valence electrons. The molecule has 2 nitrogen and oxygen atoms in total. The first-order valence-electron chi connectivity index (χ1n) is 7.19. The topological polar surface area (TPSA) is 21.3 Å². The van der Waals surface area contributed by atoms with Crippen LogP contribution in [0, 0.1) is 11.3 Å². The second-order valence-electron chi connectivity index (χ2n) is 6.32. The summed E-state index contributed by atoms with van der Waals surface area (Å²) >= 11 is 0. The minimum atomic E-state index is 0. The Hall–Kier alpha value is -0.0800. The molecule has 0 saturated carbocycles. The van der Waals surface area contributed by atoms with E-state index in [9.17, 15) is 0 Å². The number of hydrogen-bond donors (Lipinski definition) is 1. The SMILES string of the molecule is C.CCC(CCCCCNCC(C)(C)C)COC. The molecule has 0 rings (SSSR count). The molecule has 0 amide bonds. The average molecular weight is 259 g/mol. The van der Waals surface area contributed by atoms with Crippen LogP contribution in [0.15, 0.2) is 0 Å². The molecule has 0 aliphatic rings. The van der Waals surface area contributed by atoms with Crippen molar-refractivity contribution in [3.05, 3.63) is 0 Å². The normalized spacial score (nSPS) is 13.2. The third-order valence-corrected chi connectivity index (χ3v) is 3.10. The first-order valence-corrected chi connectivity index (χ1v) is 7.19. The Morgan fingerprint density at radius 3 is 2.28 bits per heavy atom. The zero-order chi connectivity index (χ0) is 13.1. The number of unbranched alkanes of at least 4 members (excludes halogenated alkanes) is 2. The predicted molar refractivity (Wildman–Crippen MR) is 83.2 cm³/mol. The molecule has 0 spiro atoms. The Kier molecular flexibility index (Phi) is 13.5. The van der Waals surface area contributed by atoms with Crippen molar-refractivity contribution in [1.82, 2.24) is 5.32 Å². The minimum absolute atomic E-state index is 0. The van der Waals surface area contributed by atoms with Crippen LogP contribution in [0.1, 0.15) is 67.2 Å². The van der Waals surface area contributed by atoms with Gasteiger partial charge in [-0.25, -0.2) is 0 Å². The molecule has 0 saturated heterocycles. The summed E-state index contributed by atoms with van der Waals surface area (Å²) in [6.45, 7) is 12.3. The first kappa shape index (κ1) is 20.2. The van der Waals surface area contributed by atoms with Gasteiger partial charge < -0.3 is 10.1 Å². The number of nitrogens with one attached hydrogen (secondary N) is 1. The van der Waals surface area contributed by atoms with Crippen molar-refractivity contribution in [3.63, 3.8) is 0 Å². The van der Waals surface area contributed by atoms with Crippen molar-refractivity contribution in [2.24, 2.45) is 11.3 Å². The van der Waals surface area contributed by atoms with Crippen LogP contribution < -0.4 is 5.32 Å². The third-order valence-electron chi connectivity index (χ3n) is 3.10. The van der Waals surface area contributed by atoms with Gasteiger partial charge in [-0.1, -0.05) is 54.4 Å². The van der Waals surface area contributed by atoms with Gasteiger partial charge in [-0.3, -0.25) is 0 Å². The molecule has 0 aromatic rings. The van der Waals surface area contributed by atoms with Gasteiger partial charge >= 0.3 is 0 Å². The Morgan fingerprint density at radius 2 is 1.78 bits per heavy atom. The predicted octanol–water partition coefficient (Wildman–Crippen LogP) is 4.49. The number of hydrogen-bond acceptors (Lipinski definition) is 2. The van der Waals surface area contributed by atoms with Crippen molar-refractivity contribution < 1.29 is 4.74 Å². The summed E-state index contributed by atoms with van der Waals surface area (Å²) in [6, 6.07) is 0. The molecule has 0 fully saturated rings. The fourth-order valence-corrected chi connectivity index (χ4v) is 1.96. The molecule has 2 heteroatoms. The Bertz CT molecular complexity index is 163. The van der Waals surface area contributed by atoms with Gasteiger partial charge in [0.05, 0.1) is 0 Å². The zero-order valence-electron chi connectivity index (χ0n) is 12.6. The first-order chi connectivity index (χ1) is 7.99. The zero-order valence-corrected chi connectivity index (χ0v) is 12.6. The van der Waals surface area contributed by atoms with E-state index < -0.39 is 0 Å². The highest BCUT2D eigenvalue weighted by Gasteiger charge is 2.08. The molecule has 0 aromatic carbocycles. The lowest BCUT2D eigenvalue weighted by molar-refractivity contribution is 0.144. The largest absolute Gasteiger partial charge is 0.384 e. The standard InChI is InChI=1S/C15H33NO.CH4/c1-6-14(12-17-5)10-8-7-9-11-16-13-15(2,3)4;/h14,16H,6-13H2,1-5H3;1H4. The summed E-state index contributed by atoms with van der Waals surface area (Å²) < 4.78 is 5.22. The van der Waals surface area contributed by atoms with Gasteiger partial charge in [0.1, 0.15) is 0 Å². The number of rotatable bonds is 10. The number of methoxy groups -OCH3 is 1. The highest BCUT2D eigenvalue weighted by atomic mass is 16.5. The molecule has 0 radical (unpaired) electrons. The molecular formula is C16H37NO. The molecule has 0 bridgehead atoms. The van der Waals surface area contributed by atoms with Crippen molar-refractivity contribution in [2.75, 3.05) is 26.8 Å². The van der Waals surface area contributed by atoms with Crippen molar-refractivity contribution >= 4 is 0 Å². The maximum Gasteiger partial charge on any atom is 0.0490 e. The summed E-state index contributed by atoms with van der Waals surface area (Å²) in [4.78, 5) is 0. The van der Waals surface area contributed by atoms with E-state index in [0.717, 1.165) is 19.1 Å². The Labute approximate surface area is 116 Å². The van der Waals surface area contributed by atoms with Crippen LogP contribution in [0.25, 0.3) is 0 Å². The van der Waals surface area contributed by atoms with Crippen LogP contribution in [-0.2, 0) is 4.74 Å². The quantitative estimate of drug-likeness (QED) is 0.584. The van der Waals surface area contributed by atoms with E-state index >= 15 is 0 Å². The van der Waals surface area contributed by atoms with Gasteiger partial charge in [0.15, 0.2) is 0 Å². The van der Waals surface area contributed by atoms with Crippen LogP contribution in [0.3, 0.4) is 0 Å². The molecule has 1 unspecified atom stereocenters. The van der Waals surface area contributed by atoms with E-state index in [1.165, 1.54) is 38.6 Å². The van der Waals surface area contributed by atoms with E-state index in [2.05, 4.69) is 33.0 Å². The monoisotopic (exact) mass is 259 g/mol. The van der Waals surface area contributed by atoms with Gasteiger partial charge in [-0.05, 0) is 37.3 Å². The van der Waals surface area contributed by atoms with Gasteiger partial charge in [-0.15, -0.1) is 0 Å². The lowest BCUT2D eigenvalue weighted by Crippen LogP contribution is -2.27. The Morgan fingerprint density at radius 1 is 1.11 bits per heavy atom. The van der Waals surface area contributed by atoms with Crippen LogP contribution >= 0.6 is 0 Å². The highest BCUT2D eigenvalue weighted by molar-refractivity contribution is 4.64. The maximum atomic E-state index is 5.22. The molecule has 0 aromatic heterocycles. The Balaban J connectivity index is 0. The second kappa shape index (κ2) is 12.0.